The lowest BCUT2D eigenvalue weighted by atomic mass is 9.95. The number of sulfonamides is 1. The molecule has 0 aliphatic rings. The van der Waals surface area contributed by atoms with Crippen LogP contribution in [-0.2, 0) is 16.4 Å². The van der Waals surface area contributed by atoms with E-state index in [0.29, 0.717) is 6.42 Å². The highest BCUT2D eigenvalue weighted by molar-refractivity contribution is 7.92. The molecule has 1 heterocycles. The Balaban J connectivity index is 2.18. The molecular weight excluding hydrogens is 454 g/mol. The maximum Gasteiger partial charge on any atom is 0.271 e. The number of nitrogens with one attached hydrogen (secondary N) is 1. The lowest BCUT2D eigenvalue weighted by Crippen LogP contribution is -2.49. The summed E-state index contributed by atoms with van der Waals surface area (Å²) < 4.78 is 24.4. The zero-order valence-electron chi connectivity index (χ0n) is 18.4. The molecule has 178 valence electrons. The van der Waals surface area contributed by atoms with Crippen molar-refractivity contribution >= 4 is 32.4 Å². The van der Waals surface area contributed by atoms with Gasteiger partial charge in [-0.15, -0.1) is 11.3 Å². The van der Waals surface area contributed by atoms with Crippen molar-refractivity contribution in [1.29, 1.82) is 0 Å². The first-order valence-electron chi connectivity index (χ1n) is 10.4. The van der Waals surface area contributed by atoms with Crippen LogP contribution in [0.2, 0.25) is 0 Å². The van der Waals surface area contributed by atoms with E-state index in [4.69, 9.17) is 0 Å². The van der Waals surface area contributed by atoms with Crippen molar-refractivity contribution in [2.45, 2.75) is 57.3 Å². The van der Waals surface area contributed by atoms with Crippen LogP contribution in [0, 0.1) is 0 Å². The third kappa shape index (κ3) is 7.44. The molecule has 11 heteroatoms. The molecular formula is C21H31N3O6S2. The highest BCUT2D eigenvalue weighted by Gasteiger charge is 2.29. The van der Waals surface area contributed by atoms with Crippen molar-refractivity contribution in [3.05, 3.63) is 40.9 Å². The van der Waals surface area contributed by atoms with E-state index >= 15 is 0 Å². The number of anilines is 1. The molecule has 1 aromatic heterocycles. The van der Waals surface area contributed by atoms with Crippen molar-refractivity contribution in [3.63, 3.8) is 0 Å². The van der Waals surface area contributed by atoms with E-state index in [-0.39, 0.29) is 23.0 Å². The monoisotopic (exact) mass is 485 g/mol. The Kier molecular flexibility index (Phi) is 9.44. The molecule has 0 fully saturated rings. The number of phenols is 1. The number of rotatable bonds is 12. The number of benzene rings is 1. The number of carbonyl (C=O) groups excluding carboxylic acids is 1. The summed E-state index contributed by atoms with van der Waals surface area (Å²) in [6.45, 7) is 2.04. The largest absolute Gasteiger partial charge is 0.508 e. The smallest absolute Gasteiger partial charge is 0.271 e. The second-order valence-electron chi connectivity index (χ2n) is 7.75. The van der Waals surface area contributed by atoms with Crippen LogP contribution in [0.25, 0.3) is 0 Å². The maximum absolute atomic E-state index is 12.8. The molecule has 1 aromatic carbocycles. The van der Waals surface area contributed by atoms with Crippen molar-refractivity contribution in [2.24, 2.45) is 0 Å². The van der Waals surface area contributed by atoms with E-state index in [1.165, 1.54) is 24.6 Å². The second-order valence-corrected chi connectivity index (χ2v) is 10.6. The predicted octanol–water partition coefficient (Wildman–Crippen LogP) is 1.89. The molecule has 2 aromatic rings. The van der Waals surface area contributed by atoms with Crippen molar-refractivity contribution in [2.75, 3.05) is 17.6 Å². The summed E-state index contributed by atoms with van der Waals surface area (Å²) in [5.74, 6) is -0.488. The van der Waals surface area contributed by atoms with Crippen LogP contribution in [0.4, 0.5) is 5.13 Å². The molecule has 0 spiro atoms. The van der Waals surface area contributed by atoms with Gasteiger partial charge in [-0.1, -0.05) is 38.3 Å². The molecule has 4 N–H and O–H groups in total. The van der Waals surface area contributed by atoms with Crippen LogP contribution in [0.3, 0.4) is 0 Å². The van der Waals surface area contributed by atoms with Crippen molar-refractivity contribution in [1.82, 2.24) is 10.3 Å². The van der Waals surface area contributed by atoms with E-state index < -0.39 is 34.2 Å². The number of aliphatic hydroxyl groups is 2. The molecule has 9 nitrogen and oxygen atoms in total. The third-order valence-corrected chi connectivity index (χ3v) is 7.31. The molecule has 32 heavy (non-hydrogen) atoms. The number of hydrogen-bond acceptors (Lipinski definition) is 8. The third-order valence-electron chi connectivity index (χ3n) is 5.11. The number of unbranched alkanes of at least 4 members (excludes halogenated alkanes) is 2. The molecule has 0 aliphatic heterocycles. The van der Waals surface area contributed by atoms with Gasteiger partial charge in [-0.2, -0.15) is 0 Å². The second kappa shape index (κ2) is 11.6. The number of amides is 1. The highest BCUT2D eigenvalue weighted by atomic mass is 32.2. The summed E-state index contributed by atoms with van der Waals surface area (Å²) in [6.07, 6.45) is 2.07. The first-order valence-corrected chi connectivity index (χ1v) is 13.1. The standard InChI is InChI=1S/C21H31N3O6S2/c1-4-5-6-7-18(26)19(27)16(12-14-8-10-15(25)11-9-14)22-20(28)17-13-31-21(23-17)24(2)32(3,29)30/h8-11,13,16,18-19,25-27H,4-7,12H2,1-3H3,(H,22,28). The van der Waals surface area contributed by atoms with Gasteiger partial charge in [-0.25, -0.2) is 17.7 Å². The number of nitrogens with zero attached hydrogens (tertiary/aromatic N) is 2. The summed E-state index contributed by atoms with van der Waals surface area (Å²) in [5.41, 5.74) is 0.771. The van der Waals surface area contributed by atoms with Gasteiger partial charge >= 0.3 is 0 Å². The van der Waals surface area contributed by atoms with Gasteiger partial charge in [0.25, 0.3) is 5.91 Å². The van der Waals surface area contributed by atoms with Gasteiger partial charge in [0, 0.05) is 12.4 Å². The molecule has 0 radical (unpaired) electrons. The van der Waals surface area contributed by atoms with Crippen molar-refractivity contribution in [3.8, 4) is 5.75 Å². The van der Waals surface area contributed by atoms with Crippen LogP contribution in [-0.4, -0.2) is 66.2 Å². The molecule has 3 atom stereocenters. The van der Waals surface area contributed by atoms with E-state index in [2.05, 4.69) is 10.3 Å². The average Bonchev–Trinajstić information content (AvgIpc) is 3.23. The van der Waals surface area contributed by atoms with E-state index in [1.807, 2.05) is 6.92 Å². The molecule has 0 saturated heterocycles. The van der Waals surface area contributed by atoms with Crippen LogP contribution < -0.4 is 9.62 Å². The van der Waals surface area contributed by atoms with E-state index in [9.17, 15) is 28.5 Å². The van der Waals surface area contributed by atoms with Gasteiger partial charge in [0.15, 0.2) is 5.13 Å². The number of aromatic hydroxyl groups is 1. The lowest BCUT2D eigenvalue weighted by Gasteiger charge is -2.28. The zero-order valence-corrected chi connectivity index (χ0v) is 20.1. The Bertz CT molecular complexity index is 978. The molecule has 2 rings (SSSR count). The average molecular weight is 486 g/mol. The van der Waals surface area contributed by atoms with Crippen LogP contribution in [0.1, 0.15) is 48.7 Å². The van der Waals surface area contributed by atoms with Crippen LogP contribution >= 0.6 is 11.3 Å². The van der Waals surface area contributed by atoms with E-state index in [1.54, 1.807) is 12.1 Å². The Morgan fingerprint density at radius 2 is 1.88 bits per heavy atom. The topological polar surface area (TPSA) is 140 Å². The number of thiazole rings is 1. The Morgan fingerprint density at radius 3 is 2.47 bits per heavy atom. The van der Waals surface area contributed by atoms with Gasteiger partial charge in [0.2, 0.25) is 10.0 Å². The Hall–Kier alpha value is -2.21. The SMILES string of the molecule is CCCCCC(O)C(O)C(Cc1ccc(O)cc1)NC(=O)c1csc(N(C)S(C)(=O)=O)n1. The minimum Gasteiger partial charge on any atom is -0.508 e. The fourth-order valence-corrected chi connectivity index (χ4v) is 4.62. The highest BCUT2D eigenvalue weighted by Crippen LogP contribution is 2.22. The van der Waals surface area contributed by atoms with Gasteiger partial charge in [0.05, 0.1) is 18.4 Å². The number of phenolic OH excluding ortho intramolecular Hbond substituents is 1. The van der Waals surface area contributed by atoms with Gasteiger partial charge in [-0.3, -0.25) is 4.79 Å². The lowest BCUT2D eigenvalue weighted by molar-refractivity contribution is -0.00833. The Labute approximate surface area is 192 Å². The summed E-state index contributed by atoms with van der Waals surface area (Å²) >= 11 is 1.01. The van der Waals surface area contributed by atoms with Crippen LogP contribution in [0.5, 0.6) is 5.75 Å². The van der Waals surface area contributed by atoms with E-state index in [0.717, 1.165) is 46.7 Å². The molecule has 3 unspecified atom stereocenters. The normalized spacial score (nSPS) is 14.5. The van der Waals surface area contributed by atoms with Gasteiger partial charge in [-0.05, 0) is 30.5 Å². The molecule has 1 amide bonds. The first-order chi connectivity index (χ1) is 15.0. The minimum atomic E-state index is -3.52. The quantitative estimate of drug-likeness (QED) is 0.337. The fourth-order valence-electron chi connectivity index (χ4n) is 3.08. The first kappa shape index (κ1) is 26.0. The van der Waals surface area contributed by atoms with Crippen molar-refractivity contribution < 1.29 is 28.5 Å². The summed E-state index contributed by atoms with van der Waals surface area (Å²) in [4.78, 5) is 16.9. The zero-order chi connectivity index (χ0) is 23.9. The number of hydrogen-bond donors (Lipinski definition) is 4. The maximum atomic E-state index is 12.8. The summed E-state index contributed by atoms with van der Waals surface area (Å²) in [5, 5.41) is 35.0. The fraction of sp³-hybridized carbons (Fsp3) is 0.524. The number of aliphatic hydroxyl groups excluding tert-OH is 2. The van der Waals surface area contributed by atoms with Crippen LogP contribution in [0.15, 0.2) is 29.6 Å². The molecule has 0 aliphatic carbocycles. The summed E-state index contributed by atoms with van der Waals surface area (Å²) in [7, 11) is -2.17. The van der Waals surface area contributed by atoms with Gasteiger partial charge in [0.1, 0.15) is 17.5 Å². The number of carbonyl (C=O) groups is 1. The number of aromatic nitrogens is 1. The van der Waals surface area contributed by atoms with Gasteiger partial charge < -0.3 is 20.6 Å². The summed E-state index contributed by atoms with van der Waals surface area (Å²) in [6, 6.07) is 5.54. The minimum absolute atomic E-state index is 0.0175. The molecule has 0 saturated carbocycles. The Morgan fingerprint density at radius 1 is 1.22 bits per heavy atom. The molecule has 0 bridgehead atoms. The predicted molar refractivity (Wildman–Crippen MR) is 125 cm³/mol.